The van der Waals surface area contributed by atoms with Crippen LogP contribution in [0.1, 0.15) is 32.1 Å². The van der Waals surface area contributed by atoms with Crippen LogP contribution in [0.15, 0.2) is 36.9 Å². The number of rotatable bonds is 23. The van der Waals surface area contributed by atoms with Crippen LogP contribution in [-0.2, 0) is 50.7 Å². The number of para-hydroxylation sites is 1. The van der Waals surface area contributed by atoms with Gasteiger partial charge in [0, 0.05) is 36.2 Å². The van der Waals surface area contributed by atoms with E-state index in [1.54, 1.807) is 24.3 Å². The predicted molar refractivity (Wildman–Crippen MR) is 216 cm³/mol. The number of anilines is 1. The number of hydrogen-bond acceptors (Lipinski definition) is 20. The number of aromatic nitrogens is 4. The molecule has 3 heterocycles. The highest BCUT2D eigenvalue weighted by Gasteiger charge is 2.50. The number of nitrogens with one attached hydrogen (secondary N) is 2. The number of phosphoric ester groups is 3. The smallest absolute Gasteiger partial charge is 0.481 e. The number of amides is 2. The summed E-state index contributed by atoms with van der Waals surface area (Å²) < 4.78 is 72.8. The van der Waals surface area contributed by atoms with E-state index in [0.29, 0.717) is 17.1 Å². The molecule has 2 unspecified atom stereocenters. The van der Waals surface area contributed by atoms with E-state index in [0.717, 1.165) is 29.0 Å². The molecule has 26 nitrogen and oxygen atoms in total. The van der Waals surface area contributed by atoms with Gasteiger partial charge in [-0.05, 0) is 18.2 Å². The molecule has 2 aromatic heterocycles. The molecule has 0 radical (unpaired) electrons. The summed E-state index contributed by atoms with van der Waals surface area (Å²) in [5, 5.41) is 26.2. The second kappa shape index (κ2) is 21.7. The number of aliphatic hydroxyl groups excluding tert-OH is 2. The Morgan fingerprint density at radius 3 is 2.42 bits per heavy atom. The van der Waals surface area contributed by atoms with Gasteiger partial charge in [0.25, 0.3) is 0 Å². The van der Waals surface area contributed by atoms with E-state index in [-0.39, 0.29) is 47.4 Å². The van der Waals surface area contributed by atoms with Crippen molar-refractivity contribution in [1.82, 2.24) is 30.2 Å². The normalized spacial score (nSPS) is 20.7. The van der Waals surface area contributed by atoms with E-state index in [1.165, 1.54) is 34.1 Å². The zero-order chi connectivity index (χ0) is 46.0. The minimum atomic E-state index is -5.59. The van der Waals surface area contributed by atoms with Gasteiger partial charge in [-0.3, -0.25) is 32.5 Å². The number of thioether (sulfide) groups is 1. The molecule has 1 aliphatic heterocycles. The highest BCUT2D eigenvalue weighted by molar-refractivity contribution is 8.14. The van der Waals surface area contributed by atoms with Crippen LogP contribution in [0.4, 0.5) is 5.82 Å². The predicted octanol–water partition coefficient (Wildman–Crippen LogP) is 0.395. The van der Waals surface area contributed by atoms with Crippen molar-refractivity contribution in [3.8, 4) is 11.5 Å². The molecule has 2 amide bonds. The molecule has 1 saturated heterocycles. The molecule has 1 aliphatic rings. The fourth-order valence-electron chi connectivity index (χ4n) is 5.53. The van der Waals surface area contributed by atoms with Crippen LogP contribution in [0.3, 0.4) is 0 Å². The van der Waals surface area contributed by atoms with Gasteiger partial charge in [0.15, 0.2) is 29.2 Å². The Balaban J connectivity index is 1.20. The zero-order valence-electron chi connectivity index (χ0n) is 33.3. The van der Waals surface area contributed by atoms with Crippen molar-refractivity contribution in [1.29, 1.82) is 0 Å². The number of hydrogen-bond donors (Lipinski definition) is 9. The molecule has 4 rings (SSSR count). The molecule has 3 aromatic rings. The highest BCUT2D eigenvalue weighted by Crippen LogP contribution is 2.61. The number of benzene rings is 1. The maximum atomic E-state index is 12.7. The number of nitrogens with two attached hydrogens (primary N) is 1. The minimum Gasteiger partial charge on any atom is -0.493 e. The Hall–Kier alpha value is -3.88. The number of nitrogen functional groups attached to an aromatic ring is 1. The zero-order valence-corrected chi connectivity index (χ0v) is 36.8. The van der Waals surface area contributed by atoms with Gasteiger partial charge in [0.1, 0.15) is 36.3 Å². The molecule has 10 N–H and O–H groups in total. The first-order chi connectivity index (χ1) is 29.0. The topological polar surface area (TPSA) is 382 Å². The second-order valence-electron chi connectivity index (χ2n) is 13.7. The van der Waals surface area contributed by atoms with Crippen molar-refractivity contribution in [3.63, 3.8) is 0 Å². The van der Waals surface area contributed by atoms with Crippen LogP contribution in [0.25, 0.3) is 17.2 Å². The van der Waals surface area contributed by atoms with E-state index < -0.39 is 84.6 Å². The van der Waals surface area contributed by atoms with Gasteiger partial charge < -0.3 is 60.4 Å². The fourth-order valence-corrected chi connectivity index (χ4v) is 8.93. The molecule has 1 aromatic carbocycles. The minimum absolute atomic E-state index is 0.0244. The van der Waals surface area contributed by atoms with Gasteiger partial charge >= 0.3 is 23.5 Å². The summed E-state index contributed by atoms with van der Waals surface area (Å²) in [7, 11) is -13.5. The van der Waals surface area contributed by atoms with E-state index in [1.807, 2.05) is 0 Å². The summed E-state index contributed by atoms with van der Waals surface area (Å²) in [6, 6.07) is 5.20. The first-order valence-corrected chi connectivity index (χ1v) is 23.4. The number of nitrogens with zero attached hydrogens (tertiary/aromatic N) is 4. The summed E-state index contributed by atoms with van der Waals surface area (Å²) in [6.07, 6.45) is -4.10. The number of fused-ring (bicyclic) bond motifs is 1. The van der Waals surface area contributed by atoms with Crippen LogP contribution in [0.2, 0.25) is 0 Å². The van der Waals surface area contributed by atoms with Gasteiger partial charge in [-0.25, -0.2) is 28.6 Å². The third kappa shape index (κ3) is 14.3. The van der Waals surface area contributed by atoms with Crippen molar-refractivity contribution in [2.45, 2.75) is 50.9 Å². The largest absolute Gasteiger partial charge is 0.493 e. The molecule has 7 atom stereocenters. The standard InChI is InChI=1S/C32H46N7O19P3S/c1-32(2,27(43)30(44)35-11-10-21(40)34-12-13-62-22(41)9-8-18-6-5-7-19(52-3)25(18)53-4)15-55-61(50,51)58-60(48,49)54-14-20-26(57-59(45,46)47)24(42)31(56-20)39-17-38-23-28(33)36-16-37-29(23)39/h5-9,16-17,20,24,26-27,31,42-43H,10-15H2,1-4H3,(H,34,40)(H,35,44)(H,48,49)(H,50,51)(H2,33,36,37)(H2,45,46,47)/t20-,24-,26-,27+,31-/m1/s1. The maximum absolute atomic E-state index is 12.7. The lowest BCUT2D eigenvalue weighted by molar-refractivity contribution is -0.137. The number of carbonyl (C=O) groups is 3. The van der Waals surface area contributed by atoms with Gasteiger partial charge in [-0.15, -0.1) is 0 Å². The van der Waals surface area contributed by atoms with Crippen molar-refractivity contribution in [2.24, 2.45) is 5.41 Å². The Bertz CT molecular complexity index is 2240. The van der Waals surface area contributed by atoms with Crippen molar-refractivity contribution < 1.29 is 90.0 Å². The summed E-state index contributed by atoms with van der Waals surface area (Å²) in [5.41, 5.74) is 4.86. The van der Waals surface area contributed by atoms with Gasteiger partial charge in [0.05, 0.1) is 33.8 Å². The molecular weight excluding hydrogens is 911 g/mol. The summed E-state index contributed by atoms with van der Waals surface area (Å²) in [6.45, 7) is 0.332. The molecule has 30 heteroatoms. The number of phosphoric acid groups is 3. The lowest BCUT2D eigenvalue weighted by atomic mass is 9.87. The molecule has 344 valence electrons. The van der Waals surface area contributed by atoms with Gasteiger partial charge in [-0.2, -0.15) is 4.31 Å². The Morgan fingerprint density at radius 1 is 1.03 bits per heavy atom. The first kappa shape index (κ1) is 50.8. The Morgan fingerprint density at radius 2 is 1.74 bits per heavy atom. The monoisotopic (exact) mass is 957 g/mol. The second-order valence-corrected chi connectivity index (χ2v) is 19.0. The van der Waals surface area contributed by atoms with Crippen LogP contribution in [0.5, 0.6) is 11.5 Å². The van der Waals surface area contributed by atoms with Crippen LogP contribution in [-0.4, -0.2) is 137 Å². The summed E-state index contributed by atoms with van der Waals surface area (Å²) >= 11 is 0.954. The number of imidazole rings is 1. The Kier molecular flexibility index (Phi) is 17.7. The lowest BCUT2D eigenvalue weighted by Gasteiger charge is -2.30. The van der Waals surface area contributed by atoms with Crippen LogP contribution >= 0.6 is 35.2 Å². The molecule has 0 aliphatic carbocycles. The number of methoxy groups -OCH3 is 2. The molecule has 0 saturated carbocycles. The number of ether oxygens (including phenoxy) is 3. The highest BCUT2D eigenvalue weighted by atomic mass is 32.2. The average Bonchev–Trinajstić information content (AvgIpc) is 3.76. The fraction of sp³-hybridized carbons (Fsp3) is 0.500. The van der Waals surface area contributed by atoms with Crippen molar-refractivity contribution in [2.75, 3.05) is 52.0 Å². The number of aliphatic hydroxyl groups is 2. The van der Waals surface area contributed by atoms with E-state index in [4.69, 9.17) is 29.0 Å². The van der Waals surface area contributed by atoms with Crippen molar-refractivity contribution in [3.05, 3.63) is 42.5 Å². The lowest BCUT2D eigenvalue weighted by Crippen LogP contribution is -2.46. The third-order valence-corrected chi connectivity index (χ3v) is 12.5. The van der Waals surface area contributed by atoms with Gasteiger partial charge in [0.2, 0.25) is 16.9 Å². The maximum Gasteiger partial charge on any atom is 0.481 e. The molecule has 0 bridgehead atoms. The van der Waals surface area contributed by atoms with Crippen LogP contribution in [0, 0.1) is 5.41 Å². The summed E-state index contributed by atoms with van der Waals surface area (Å²) in [5.74, 6) is -0.319. The Labute approximate surface area is 356 Å². The number of carbonyl (C=O) groups excluding carboxylic acids is 3. The quantitative estimate of drug-likeness (QED) is 0.0353. The molecular formula is C32H46N7O19P3S. The molecule has 1 fully saturated rings. The van der Waals surface area contributed by atoms with E-state index in [9.17, 15) is 57.9 Å². The van der Waals surface area contributed by atoms with E-state index in [2.05, 4.69) is 34.4 Å². The first-order valence-electron chi connectivity index (χ1n) is 17.9. The molecule has 62 heavy (non-hydrogen) atoms. The average molecular weight is 958 g/mol. The van der Waals surface area contributed by atoms with Crippen LogP contribution < -0.4 is 25.8 Å². The van der Waals surface area contributed by atoms with Crippen molar-refractivity contribution >= 4 is 75.2 Å². The van der Waals surface area contributed by atoms with E-state index >= 15 is 0 Å². The SMILES string of the molecule is COc1cccc(C=CC(=O)SCCNC(=O)CCNC(=O)[C@H](O)C(C)(C)COP(=O)(O)OP(=O)(O)OC[C@H]2O[C@@H](n3cnc4c(N)ncnc43)[C@H](O)[C@@H]2OP(=O)(O)O)c1OC. The summed E-state index contributed by atoms with van der Waals surface area (Å²) in [4.78, 5) is 88.2. The third-order valence-electron chi connectivity index (χ3n) is 8.58. The molecule has 0 spiro atoms. The van der Waals surface area contributed by atoms with Gasteiger partial charge in [-0.1, -0.05) is 37.7 Å².